The molecule has 0 radical (unpaired) electrons. The second-order valence-corrected chi connectivity index (χ2v) is 26.8. The van der Waals surface area contributed by atoms with Crippen LogP contribution in [0.3, 0.4) is 0 Å². The molecule has 0 saturated carbocycles. The number of carboxylic acid groups (broad SMARTS) is 1. The van der Waals surface area contributed by atoms with Gasteiger partial charge in [-0.05, 0) is 100 Å². The SMILES string of the molecule is CC(C)C[C@H](NC(=O)[C@H](C)NC(=O)[C@@H]1CCCN1C(=O)[C@H](CC(C)C)NC(=O)[C@@H](NC(=O)CNC(=O)[C@H](CCC(N)=O)NC(=O)[C@@H](N)CC(C)C)C(C)C)C(=O)N1CCC[C@H]1C(=O)N[C@@H](CCC(N)=O)C(=O)N[C@H](C(=O)N[C@H](C(=O)N[C@@H](CS)C(=O)O)C(C)C)C(C)C. The minimum absolute atomic E-state index is 0.0660. The van der Waals surface area contributed by atoms with E-state index in [-0.39, 0.29) is 88.0 Å². The number of rotatable bonds is 39. The van der Waals surface area contributed by atoms with Crippen molar-refractivity contribution in [2.45, 2.75) is 233 Å². The van der Waals surface area contributed by atoms with Gasteiger partial charge in [-0.1, -0.05) is 83.1 Å². The Balaban J connectivity index is 2.25. The summed E-state index contributed by atoms with van der Waals surface area (Å²) >= 11 is 3.97. The second-order valence-electron chi connectivity index (χ2n) is 26.4. The molecule has 0 aromatic carbocycles. The van der Waals surface area contributed by atoms with Crippen LogP contribution in [0.1, 0.15) is 161 Å². The molecule has 0 aliphatic carbocycles. The fourth-order valence-corrected chi connectivity index (χ4v) is 10.9. The van der Waals surface area contributed by atoms with Crippen molar-refractivity contribution in [2.24, 2.45) is 52.7 Å². The average Bonchev–Trinajstić information content (AvgIpc) is 1.77. The molecule has 2 saturated heterocycles. The predicted molar refractivity (Wildman–Crippen MR) is 345 cm³/mol. The van der Waals surface area contributed by atoms with Gasteiger partial charge in [-0.25, -0.2) is 4.79 Å². The van der Waals surface area contributed by atoms with Gasteiger partial charge in [0.25, 0.3) is 0 Å². The van der Waals surface area contributed by atoms with Crippen molar-refractivity contribution in [3.05, 3.63) is 0 Å². The topological polar surface area (TPSA) is 481 Å². The van der Waals surface area contributed by atoms with Crippen molar-refractivity contribution in [2.75, 3.05) is 25.4 Å². The summed E-state index contributed by atoms with van der Waals surface area (Å²) in [7, 11) is 0. The van der Waals surface area contributed by atoms with E-state index >= 15 is 0 Å². The van der Waals surface area contributed by atoms with Crippen molar-refractivity contribution in [1.82, 2.24) is 63.0 Å². The first-order chi connectivity index (χ1) is 43.3. The van der Waals surface area contributed by atoms with E-state index in [0.717, 1.165) is 0 Å². The number of amides is 14. The molecular formula is C61H105N15O16S. The molecule has 31 nitrogen and oxygen atoms in total. The Morgan fingerprint density at radius 1 is 0.452 bits per heavy atom. The van der Waals surface area contributed by atoms with Gasteiger partial charge in [-0.2, -0.15) is 12.6 Å². The molecule has 0 aromatic heterocycles. The Morgan fingerprint density at radius 2 is 0.828 bits per heavy atom. The van der Waals surface area contributed by atoms with Gasteiger partial charge in [-0.15, -0.1) is 0 Å². The summed E-state index contributed by atoms with van der Waals surface area (Å²) in [5.41, 5.74) is 16.7. The number of nitrogens with one attached hydrogen (secondary N) is 10. The maximum Gasteiger partial charge on any atom is 0.327 e. The van der Waals surface area contributed by atoms with Crippen LogP contribution in [0, 0.1) is 35.5 Å². The summed E-state index contributed by atoms with van der Waals surface area (Å²) in [4.78, 5) is 203. The third kappa shape index (κ3) is 27.1. The van der Waals surface area contributed by atoms with Gasteiger partial charge in [0.2, 0.25) is 82.7 Å². The van der Waals surface area contributed by atoms with E-state index < -0.39 is 185 Å². The Hall–Kier alpha value is -7.64. The molecule has 0 spiro atoms. The van der Waals surface area contributed by atoms with Crippen LogP contribution >= 0.6 is 12.6 Å². The smallest absolute Gasteiger partial charge is 0.327 e. The molecule has 14 amide bonds. The maximum absolute atomic E-state index is 14.5. The Kier molecular flexibility index (Phi) is 34.3. The largest absolute Gasteiger partial charge is 0.480 e. The zero-order chi connectivity index (χ0) is 70.9. The van der Waals surface area contributed by atoms with Crippen LogP contribution in [-0.4, -0.2) is 201 Å². The normalized spacial score (nSPS) is 18.0. The van der Waals surface area contributed by atoms with Gasteiger partial charge in [0.1, 0.15) is 66.5 Å². The van der Waals surface area contributed by atoms with Gasteiger partial charge >= 0.3 is 5.97 Å². The lowest BCUT2D eigenvalue weighted by Gasteiger charge is -2.32. The monoisotopic (exact) mass is 1340 g/mol. The molecule has 17 N–H and O–H groups in total. The fourth-order valence-electron chi connectivity index (χ4n) is 10.7. The van der Waals surface area contributed by atoms with E-state index in [1.807, 2.05) is 27.7 Å². The molecule has 2 aliphatic heterocycles. The van der Waals surface area contributed by atoms with Crippen LogP contribution in [0.25, 0.3) is 0 Å². The summed E-state index contributed by atoms with van der Waals surface area (Å²) in [5, 5.41) is 35.3. The van der Waals surface area contributed by atoms with Crippen molar-refractivity contribution in [1.29, 1.82) is 0 Å². The molecule has 32 heteroatoms. The lowest BCUT2D eigenvalue weighted by atomic mass is 9.98. The molecule has 2 rings (SSSR count). The summed E-state index contributed by atoms with van der Waals surface area (Å²) < 4.78 is 0. The van der Waals surface area contributed by atoms with E-state index in [9.17, 15) is 77.0 Å². The molecule has 12 atom stereocenters. The molecule has 2 heterocycles. The average molecular weight is 1340 g/mol. The maximum atomic E-state index is 14.5. The first-order valence-electron chi connectivity index (χ1n) is 32.1. The number of carboxylic acids is 1. The van der Waals surface area contributed by atoms with Crippen molar-refractivity contribution < 1.29 is 77.0 Å². The van der Waals surface area contributed by atoms with Gasteiger partial charge in [-0.3, -0.25) is 67.1 Å². The molecule has 93 heavy (non-hydrogen) atoms. The van der Waals surface area contributed by atoms with E-state index in [4.69, 9.17) is 17.2 Å². The summed E-state index contributed by atoms with van der Waals surface area (Å²) in [6.07, 6.45) is 0.471. The van der Waals surface area contributed by atoms with Crippen LogP contribution in [0.4, 0.5) is 0 Å². The number of hydrogen-bond donors (Lipinski definition) is 15. The highest BCUT2D eigenvalue weighted by Gasteiger charge is 2.43. The van der Waals surface area contributed by atoms with Gasteiger partial charge < -0.3 is 85.3 Å². The molecule has 0 unspecified atom stereocenters. The molecule has 526 valence electrons. The van der Waals surface area contributed by atoms with Crippen LogP contribution < -0.4 is 70.4 Å². The molecule has 0 aromatic rings. The minimum atomic E-state index is -1.47. The fraction of sp³-hybridized carbons (Fsp3) is 0.754. The number of carbonyl (C=O) groups is 15. The van der Waals surface area contributed by atoms with E-state index in [1.165, 1.54) is 16.7 Å². The Labute approximate surface area is 550 Å². The number of nitrogens with zero attached hydrogens (tertiary/aromatic N) is 2. The highest BCUT2D eigenvalue weighted by Crippen LogP contribution is 2.24. The van der Waals surface area contributed by atoms with E-state index in [2.05, 4.69) is 65.8 Å². The minimum Gasteiger partial charge on any atom is -0.480 e. The van der Waals surface area contributed by atoms with Gasteiger partial charge in [0.05, 0.1) is 12.6 Å². The first kappa shape index (κ1) is 81.5. The number of carbonyl (C=O) groups excluding carboxylic acids is 14. The van der Waals surface area contributed by atoms with Crippen LogP contribution in [0.5, 0.6) is 0 Å². The van der Waals surface area contributed by atoms with Crippen molar-refractivity contribution >= 4 is 101 Å². The Bertz CT molecular complexity index is 2660. The quantitative estimate of drug-likeness (QED) is 0.0282. The number of aliphatic carboxylic acids is 1. The van der Waals surface area contributed by atoms with Crippen LogP contribution in [-0.2, 0) is 71.9 Å². The summed E-state index contributed by atoms with van der Waals surface area (Å²) in [5.74, 6) is -14.0. The molecular weight excluding hydrogens is 1230 g/mol. The standard InChI is InChI=1S/C61H105N15O16S/c1-29(2)24-36(62)51(81)67-37(18-20-44(63)77)52(82)65-27-46(79)72-47(32(7)8)56(86)70-40(26-31(5)6)60(90)75-22-14-16-42(75)54(84)66-35(13)50(80)69-39(25-30(3)4)59(89)76-23-15-17-43(76)55(85)68-38(19-21-45(64)78)53(83)73-49(34(11)12)58(88)74-48(33(9)10)57(87)71-41(28-93)61(91)92/h29-43,47-49,93H,14-28,62H2,1-13H3,(H2,63,77)(H2,64,78)(H,65,82)(H,66,84)(H,67,81)(H,68,85)(H,69,80)(H,70,86)(H,71,87)(H,72,79)(H,73,83)(H,74,88)(H,91,92)/t35-,36-,37-,38-,39-,40-,41-,42-,43-,47-,48-,49-/m0/s1. The van der Waals surface area contributed by atoms with Crippen LogP contribution in [0.15, 0.2) is 0 Å². The zero-order valence-electron chi connectivity index (χ0n) is 56.1. The number of hydrogen-bond acceptors (Lipinski definition) is 17. The van der Waals surface area contributed by atoms with Gasteiger partial charge in [0, 0.05) is 31.7 Å². The zero-order valence-corrected chi connectivity index (χ0v) is 57.0. The van der Waals surface area contributed by atoms with E-state index in [0.29, 0.717) is 19.3 Å². The third-order valence-corrected chi connectivity index (χ3v) is 16.1. The Morgan fingerprint density at radius 3 is 1.24 bits per heavy atom. The summed E-state index contributed by atoms with van der Waals surface area (Å²) in [6.45, 7) is 21.7. The lowest BCUT2D eigenvalue weighted by molar-refractivity contribution is -0.144. The second kappa shape index (κ2) is 39.2. The van der Waals surface area contributed by atoms with Crippen molar-refractivity contribution in [3.63, 3.8) is 0 Å². The molecule has 0 bridgehead atoms. The third-order valence-electron chi connectivity index (χ3n) is 15.7. The lowest BCUT2D eigenvalue weighted by Crippen LogP contribution is -2.61. The van der Waals surface area contributed by atoms with Gasteiger partial charge in [0.15, 0.2) is 0 Å². The van der Waals surface area contributed by atoms with Crippen molar-refractivity contribution in [3.8, 4) is 0 Å². The number of primary amides is 2. The highest BCUT2D eigenvalue weighted by atomic mass is 32.1. The molecule has 2 fully saturated rings. The first-order valence-corrected chi connectivity index (χ1v) is 32.7. The number of likely N-dealkylation sites (tertiary alicyclic amines) is 2. The molecule has 2 aliphatic rings. The van der Waals surface area contributed by atoms with E-state index in [1.54, 1.807) is 55.4 Å². The predicted octanol–water partition coefficient (Wildman–Crippen LogP) is -2.55. The number of nitrogens with two attached hydrogens (primary N) is 3. The highest BCUT2D eigenvalue weighted by molar-refractivity contribution is 7.80. The van der Waals surface area contributed by atoms with Crippen LogP contribution in [0.2, 0.25) is 0 Å². The number of thiol groups is 1. The summed E-state index contributed by atoms with van der Waals surface area (Å²) in [6, 6.07) is -14.7.